The molecule has 26 heavy (non-hydrogen) atoms. The van der Waals surface area contributed by atoms with Crippen LogP contribution in [-0.4, -0.2) is 25.8 Å². The van der Waals surface area contributed by atoms with E-state index in [-0.39, 0.29) is 11.9 Å². The van der Waals surface area contributed by atoms with E-state index in [1.165, 1.54) is 0 Å². The Hall–Kier alpha value is -3.15. The fourth-order valence-corrected chi connectivity index (χ4v) is 3.14. The second-order valence-electron chi connectivity index (χ2n) is 6.41. The Bertz CT molecular complexity index is 982. The van der Waals surface area contributed by atoms with Gasteiger partial charge in [-0.25, -0.2) is 9.97 Å². The van der Waals surface area contributed by atoms with Gasteiger partial charge in [0.25, 0.3) is 0 Å². The molecular weight excluding hydrogens is 326 g/mol. The summed E-state index contributed by atoms with van der Waals surface area (Å²) in [5, 5.41) is 3.10. The van der Waals surface area contributed by atoms with E-state index in [1.807, 2.05) is 55.5 Å². The number of carbonyl (C=O) groups is 1. The van der Waals surface area contributed by atoms with E-state index in [9.17, 15) is 4.79 Å². The van der Waals surface area contributed by atoms with Crippen LogP contribution in [0, 0.1) is 0 Å². The van der Waals surface area contributed by atoms with Gasteiger partial charge in [-0.3, -0.25) is 4.79 Å². The minimum absolute atomic E-state index is 0.0223. The molecule has 3 N–H and O–H groups in total. The summed E-state index contributed by atoms with van der Waals surface area (Å²) < 4.78 is 0. The van der Waals surface area contributed by atoms with Crippen LogP contribution in [0.4, 0.5) is 0 Å². The second kappa shape index (κ2) is 7.00. The van der Waals surface area contributed by atoms with Gasteiger partial charge in [0.1, 0.15) is 11.6 Å². The average molecular weight is 347 g/mol. The first-order valence-electron chi connectivity index (χ1n) is 8.90. The monoisotopic (exact) mass is 347 g/mol. The first-order chi connectivity index (χ1) is 12.7. The van der Waals surface area contributed by atoms with Crippen LogP contribution in [0.15, 0.2) is 48.5 Å². The highest BCUT2D eigenvalue weighted by Crippen LogP contribution is 2.20. The van der Waals surface area contributed by atoms with Crippen molar-refractivity contribution >= 4 is 28.0 Å². The van der Waals surface area contributed by atoms with Crippen molar-refractivity contribution in [3.63, 3.8) is 0 Å². The van der Waals surface area contributed by atoms with Gasteiger partial charge in [0.05, 0.1) is 28.1 Å². The molecule has 0 radical (unpaired) electrons. The number of aromatic nitrogens is 4. The third kappa shape index (κ3) is 3.31. The minimum Gasteiger partial charge on any atom is -0.346 e. The maximum absolute atomic E-state index is 12.2. The van der Waals surface area contributed by atoms with E-state index in [0.29, 0.717) is 12.8 Å². The molecule has 1 amide bonds. The lowest BCUT2D eigenvalue weighted by atomic mass is 10.1. The highest BCUT2D eigenvalue weighted by molar-refractivity contribution is 5.78. The van der Waals surface area contributed by atoms with Crippen LogP contribution in [0.5, 0.6) is 0 Å². The molecule has 0 aliphatic carbocycles. The minimum atomic E-state index is -0.262. The number of hydrogen-bond donors (Lipinski definition) is 3. The number of fused-ring (bicyclic) bond motifs is 2. The molecular formula is C20H21N5O. The van der Waals surface area contributed by atoms with Crippen molar-refractivity contribution in [3.05, 3.63) is 60.2 Å². The lowest BCUT2D eigenvalue weighted by Crippen LogP contribution is -2.30. The molecule has 132 valence electrons. The summed E-state index contributed by atoms with van der Waals surface area (Å²) >= 11 is 0. The van der Waals surface area contributed by atoms with Crippen LogP contribution >= 0.6 is 0 Å². The molecule has 0 saturated carbocycles. The molecule has 6 heteroatoms. The summed E-state index contributed by atoms with van der Waals surface area (Å²) in [4.78, 5) is 28.2. The van der Waals surface area contributed by atoms with Crippen molar-refractivity contribution in [2.45, 2.75) is 32.2 Å². The Balaban J connectivity index is 1.66. The van der Waals surface area contributed by atoms with Gasteiger partial charge < -0.3 is 15.3 Å². The Morgan fingerprint density at radius 3 is 2.31 bits per heavy atom. The largest absolute Gasteiger partial charge is 0.346 e. The molecule has 2 aromatic heterocycles. The van der Waals surface area contributed by atoms with Crippen molar-refractivity contribution in [2.24, 2.45) is 0 Å². The second-order valence-corrected chi connectivity index (χ2v) is 6.41. The molecule has 1 unspecified atom stereocenters. The van der Waals surface area contributed by atoms with Crippen molar-refractivity contribution in [2.75, 3.05) is 0 Å². The van der Waals surface area contributed by atoms with E-state index < -0.39 is 0 Å². The number of para-hydroxylation sites is 4. The van der Waals surface area contributed by atoms with Crippen LogP contribution in [0.3, 0.4) is 0 Å². The van der Waals surface area contributed by atoms with Gasteiger partial charge in [-0.2, -0.15) is 0 Å². The number of nitrogens with zero attached hydrogens (tertiary/aromatic N) is 2. The SMILES string of the molecule is CCCC(=O)NC(Cc1nc2ccccc2[nH]1)c1nc2ccccc2[nH]1. The zero-order chi connectivity index (χ0) is 17.9. The molecule has 0 aliphatic rings. The molecule has 6 nitrogen and oxygen atoms in total. The summed E-state index contributed by atoms with van der Waals surface area (Å²) in [6, 6.07) is 15.5. The van der Waals surface area contributed by atoms with E-state index in [4.69, 9.17) is 0 Å². The van der Waals surface area contributed by atoms with Crippen molar-refractivity contribution < 1.29 is 4.79 Å². The number of hydrogen-bond acceptors (Lipinski definition) is 3. The van der Waals surface area contributed by atoms with Crippen LogP contribution in [0.1, 0.15) is 37.5 Å². The molecule has 0 bridgehead atoms. The fraction of sp³-hybridized carbons (Fsp3) is 0.250. The smallest absolute Gasteiger partial charge is 0.220 e. The number of imidazole rings is 2. The summed E-state index contributed by atoms with van der Waals surface area (Å²) in [6.45, 7) is 2.00. The van der Waals surface area contributed by atoms with Crippen LogP contribution in [0.2, 0.25) is 0 Å². The molecule has 4 aromatic rings. The number of H-pyrrole nitrogens is 2. The van der Waals surface area contributed by atoms with Gasteiger partial charge in [-0.05, 0) is 30.7 Å². The van der Waals surface area contributed by atoms with E-state index in [2.05, 4.69) is 25.3 Å². The summed E-state index contributed by atoms with van der Waals surface area (Å²) in [5.41, 5.74) is 3.76. The topological polar surface area (TPSA) is 86.5 Å². The standard InChI is InChI=1S/C20H21N5O/c1-2-7-19(26)23-17(20-24-15-10-5-6-11-16(15)25-20)12-18-21-13-8-3-4-9-14(13)22-18/h3-6,8-11,17H,2,7,12H2,1H3,(H,21,22)(H,23,26)(H,24,25). The number of aromatic amines is 2. The van der Waals surface area contributed by atoms with Crippen LogP contribution in [0.25, 0.3) is 22.1 Å². The van der Waals surface area contributed by atoms with E-state index >= 15 is 0 Å². The number of rotatable bonds is 6. The first-order valence-corrected chi connectivity index (χ1v) is 8.90. The average Bonchev–Trinajstić information content (AvgIpc) is 3.24. The maximum Gasteiger partial charge on any atom is 0.220 e. The summed E-state index contributed by atoms with van der Waals surface area (Å²) in [7, 11) is 0. The van der Waals surface area contributed by atoms with Gasteiger partial charge in [0.15, 0.2) is 0 Å². The zero-order valence-corrected chi connectivity index (χ0v) is 14.6. The number of benzene rings is 2. The number of carbonyl (C=O) groups excluding carboxylic acids is 1. The first kappa shape index (κ1) is 16.3. The van der Waals surface area contributed by atoms with Gasteiger partial charge in [-0.1, -0.05) is 31.2 Å². The third-order valence-corrected chi connectivity index (χ3v) is 4.39. The Labute approximate surface area is 151 Å². The van der Waals surface area contributed by atoms with Gasteiger partial charge >= 0.3 is 0 Å². The van der Waals surface area contributed by atoms with E-state index in [0.717, 1.165) is 40.1 Å². The van der Waals surface area contributed by atoms with Gasteiger partial charge in [0.2, 0.25) is 5.91 Å². The van der Waals surface area contributed by atoms with Gasteiger partial charge in [-0.15, -0.1) is 0 Å². The van der Waals surface area contributed by atoms with Crippen LogP contribution < -0.4 is 5.32 Å². The lowest BCUT2D eigenvalue weighted by Gasteiger charge is -2.15. The predicted molar refractivity (Wildman–Crippen MR) is 102 cm³/mol. The van der Waals surface area contributed by atoms with E-state index in [1.54, 1.807) is 0 Å². The fourth-order valence-electron chi connectivity index (χ4n) is 3.14. The van der Waals surface area contributed by atoms with Gasteiger partial charge in [0, 0.05) is 12.8 Å². The lowest BCUT2D eigenvalue weighted by molar-refractivity contribution is -0.121. The summed E-state index contributed by atoms with van der Waals surface area (Å²) in [5.74, 6) is 1.60. The molecule has 4 rings (SSSR count). The van der Waals surface area contributed by atoms with Crippen LogP contribution in [-0.2, 0) is 11.2 Å². The molecule has 1 atom stereocenters. The third-order valence-electron chi connectivity index (χ3n) is 4.39. The molecule has 0 spiro atoms. The maximum atomic E-state index is 12.2. The highest BCUT2D eigenvalue weighted by Gasteiger charge is 2.20. The molecule has 2 aromatic carbocycles. The van der Waals surface area contributed by atoms with Crippen molar-refractivity contribution in [1.82, 2.24) is 25.3 Å². The number of amides is 1. The van der Waals surface area contributed by atoms with Crippen molar-refractivity contribution in [1.29, 1.82) is 0 Å². The predicted octanol–water partition coefficient (Wildman–Crippen LogP) is 3.64. The normalized spacial score (nSPS) is 12.5. The zero-order valence-electron chi connectivity index (χ0n) is 14.6. The molecule has 0 fully saturated rings. The molecule has 2 heterocycles. The quantitative estimate of drug-likeness (QED) is 0.498. The molecule has 0 aliphatic heterocycles. The summed E-state index contributed by atoms with van der Waals surface area (Å²) in [6.07, 6.45) is 1.85. The Morgan fingerprint density at radius 2 is 1.65 bits per heavy atom. The van der Waals surface area contributed by atoms with Crippen molar-refractivity contribution in [3.8, 4) is 0 Å². The highest BCUT2D eigenvalue weighted by atomic mass is 16.1. The Kier molecular flexibility index (Phi) is 4.39. The Morgan fingerprint density at radius 1 is 1.00 bits per heavy atom. The number of nitrogens with one attached hydrogen (secondary N) is 3. The molecule has 0 saturated heterocycles.